The fraction of sp³-hybridized carbons (Fsp3) is 0.394. The molecule has 2 aromatic carbocycles. The van der Waals surface area contributed by atoms with E-state index in [9.17, 15) is 9.59 Å². The van der Waals surface area contributed by atoms with E-state index < -0.39 is 0 Å². The number of piperazine rings is 1. The Morgan fingerprint density at radius 3 is 2.55 bits per heavy atom. The highest BCUT2D eigenvalue weighted by Gasteiger charge is 2.30. The Labute approximate surface area is 252 Å². The molecule has 5 rings (SSSR count). The van der Waals surface area contributed by atoms with Crippen molar-refractivity contribution in [3.8, 4) is 17.3 Å². The molecule has 3 heterocycles. The molecule has 1 unspecified atom stereocenters. The highest BCUT2D eigenvalue weighted by molar-refractivity contribution is 7.99. The van der Waals surface area contributed by atoms with Crippen molar-refractivity contribution in [2.45, 2.75) is 64.1 Å². The third-order valence-electron chi connectivity index (χ3n) is 7.72. The van der Waals surface area contributed by atoms with Crippen molar-refractivity contribution in [1.82, 2.24) is 24.6 Å². The van der Waals surface area contributed by atoms with Crippen LogP contribution in [0.15, 0.2) is 76.5 Å². The first-order chi connectivity index (χ1) is 20.4. The van der Waals surface area contributed by atoms with Gasteiger partial charge in [-0.05, 0) is 74.2 Å². The van der Waals surface area contributed by atoms with E-state index in [4.69, 9.17) is 4.42 Å². The lowest BCUT2D eigenvalue weighted by Crippen LogP contribution is -2.55. The molecule has 9 heteroatoms. The lowest BCUT2D eigenvalue weighted by Gasteiger charge is -2.40. The van der Waals surface area contributed by atoms with Crippen LogP contribution in [0.1, 0.15) is 61.0 Å². The number of hydrogen-bond donors (Lipinski definition) is 0. The maximum atomic E-state index is 13.3. The molecule has 42 heavy (non-hydrogen) atoms. The number of carbonyl (C=O) groups is 2. The lowest BCUT2D eigenvalue weighted by molar-refractivity contribution is -0.130. The van der Waals surface area contributed by atoms with Crippen LogP contribution in [0.3, 0.4) is 0 Å². The number of hydrogen-bond acceptors (Lipinski definition) is 6. The quantitative estimate of drug-likeness (QED) is 0.149. The summed E-state index contributed by atoms with van der Waals surface area (Å²) >= 11 is 1.36. The summed E-state index contributed by atoms with van der Waals surface area (Å²) in [5.41, 5.74) is 4.00. The van der Waals surface area contributed by atoms with Crippen molar-refractivity contribution in [3.05, 3.63) is 83.6 Å². The molecule has 1 aliphatic heterocycles. The van der Waals surface area contributed by atoms with Gasteiger partial charge in [0.2, 0.25) is 11.7 Å². The number of carbonyl (C=O) groups excluding carboxylic acids is 2. The number of aromatic nitrogens is 3. The average Bonchev–Trinajstić information content (AvgIpc) is 3.68. The minimum Gasteiger partial charge on any atom is -0.461 e. The zero-order valence-electron chi connectivity index (χ0n) is 24.7. The summed E-state index contributed by atoms with van der Waals surface area (Å²) in [7, 11) is 0. The first-order valence-electron chi connectivity index (χ1n) is 14.8. The van der Waals surface area contributed by atoms with E-state index in [0.717, 1.165) is 17.7 Å². The lowest BCUT2D eigenvalue weighted by atomic mass is 10.0. The molecule has 4 aromatic rings. The van der Waals surface area contributed by atoms with Gasteiger partial charge in [-0.2, -0.15) is 0 Å². The normalized spacial score (nSPS) is 15.3. The summed E-state index contributed by atoms with van der Waals surface area (Å²) in [5, 5.41) is 9.41. The number of nitrogens with zero attached hydrogens (tertiary/aromatic N) is 5. The average molecular weight is 586 g/mol. The Morgan fingerprint density at radius 2 is 1.83 bits per heavy atom. The van der Waals surface area contributed by atoms with Crippen LogP contribution in [0.4, 0.5) is 0 Å². The summed E-state index contributed by atoms with van der Waals surface area (Å²) in [4.78, 5) is 30.3. The first kappa shape index (κ1) is 29.6. The molecule has 0 spiro atoms. The van der Waals surface area contributed by atoms with Gasteiger partial charge in [-0.3, -0.25) is 14.2 Å². The van der Waals surface area contributed by atoms with Crippen molar-refractivity contribution in [2.24, 2.45) is 0 Å². The van der Waals surface area contributed by atoms with Crippen LogP contribution < -0.4 is 0 Å². The van der Waals surface area contributed by atoms with Gasteiger partial charge >= 0.3 is 0 Å². The van der Waals surface area contributed by atoms with Crippen LogP contribution >= 0.6 is 11.8 Å². The molecule has 1 atom stereocenters. The highest BCUT2D eigenvalue weighted by atomic mass is 32.2. The molecule has 2 aromatic heterocycles. The van der Waals surface area contributed by atoms with Crippen LogP contribution in [0.2, 0.25) is 0 Å². The molecular formula is C33H39N5O3S. The van der Waals surface area contributed by atoms with Gasteiger partial charge in [0.15, 0.2) is 10.9 Å². The van der Waals surface area contributed by atoms with Crippen molar-refractivity contribution >= 4 is 23.6 Å². The van der Waals surface area contributed by atoms with Crippen LogP contribution in [0.5, 0.6) is 0 Å². The smallest absolute Gasteiger partial charge is 0.254 e. The van der Waals surface area contributed by atoms with E-state index in [-0.39, 0.29) is 23.6 Å². The molecule has 1 fully saturated rings. The summed E-state index contributed by atoms with van der Waals surface area (Å²) in [6.45, 7) is 7.78. The first-order valence-corrected chi connectivity index (χ1v) is 15.8. The number of furan rings is 1. The monoisotopic (exact) mass is 585 g/mol. The van der Waals surface area contributed by atoms with E-state index in [2.05, 4.69) is 35.3 Å². The van der Waals surface area contributed by atoms with Gasteiger partial charge in [0.25, 0.3) is 5.91 Å². The SMILES string of the molecule is CCCCCCc1ccc(C(=O)N2CCN(C(=O)CSc3nnc(-c4ccco4)n3-c3cccc(C)c3)CC2C)cc1. The Bertz CT molecular complexity index is 1480. The second-order valence-corrected chi connectivity index (χ2v) is 11.9. The molecule has 1 aliphatic rings. The number of amides is 2. The fourth-order valence-electron chi connectivity index (χ4n) is 5.37. The van der Waals surface area contributed by atoms with Crippen LogP contribution in [-0.4, -0.2) is 67.8 Å². The Kier molecular flexibility index (Phi) is 9.79. The van der Waals surface area contributed by atoms with Crippen LogP contribution in [0.25, 0.3) is 17.3 Å². The van der Waals surface area contributed by atoms with E-state index in [0.29, 0.717) is 41.9 Å². The van der Waals surface area contributed by atoms with Gasteiger partial charge in [0.05, 0.1) is 17.7 Å². The molecular weight excluding hydrogens is 546 g/mol. The topological polar surface area (TPSA) is 84.5 Å². The highest BCUT2D eigenvalue weighted by Crippen LogP contribution is 2.29. The Morgan fingerprint density at radius 1 is 1.00 bits per heavy atom. The number of thioether (sulfide) groups is 1. The maximum Gasteiger partial charge on any atom is 0.254 e. The molecule has 0 radical (unpaired) electrons. The summed E-state index contributed by atoms with van der Waals surface area (Å²) in [6, 6.07) is 19.7. The maximum absolute atomic E-state index is 13.3. The summed E-state index contributed by atoms with van der Waals surface area (Å²) in [6.07, 6.45) is 7.58. The van der Waals surface area contributed by atoms with E-state index in [1.165, 1.54) is 43.0 Å². The number of rotatable bonds is 11. The second kappa shape index (κ2) is 13.9. The van der Waals surface area contributed by atoms with Crippen molar-refractivity contribution in [1.29, 1.82) is 0 Å². The van der Waals surface area contributed by atoms with E-state index in [1.54, 1.807) is 6.26 Å². The molecule has 0 N–H and O–H groups in total. The predicted molar refractivity (Wildman–Crippen MR) is 166 cm³/mol. The molecule has 0 aliphatic carbocycles. The molecule has 1 saturated heterocycles. The van der Waals surface area contributed by atoms with E-state index >= 15 is 0 Å². The Hall–Kier alpha value is -3.85. The molecule has 0 bridgehead atoms. The van der Waals surface area contributed by atoms with Gasteiger partial charge in [0.1, 0.15) is 0 Å². The largest absolute Gasteiger partial charge is 0.461 e. The molecule has 220 valence electrons. The van der Waals surface area contributed by atoms with Crippen molar-refractivity contribution in [3.63, 3.8) is 0 Å². The zero-order valence-corrected chi connectivity index (χ0v) is 25.5. The minimum atomic E-state index is -0.0737. The number of benzene rings is 2. The van der Waals surface area contributed by atoms with Gasteiger partial charge in [0, 0.05) is 31.2 Å². The zero-order chi connectivity index (χ0) is 29.5. The van der Waals surface area contributed by atoms with Gasteiger partial charge in [-0.15, -0.1) is 10.2 Å². The Balaban J connectivity index is 1.19. The number of aryl methyl sites for hydroxylation is 2. The van der Waals surface area contributed by atoms with E-state index in [1.807, 2.05) is 70.7 Å². The molecule has 2 amide bonds. The standard InChI is InChI=1S/C33H39N5O3S/c1-4-5-6-7-11-26-14-16-27(17-15-26)32(40)37-19-18-36(22-25(37)3)30(39)23-42-33-35-34-31(29-13-9-20-41-29)38(33)28-12-8-10-24(2)21-28/h8-10,12-17,20-21,25H,4-7,11,18-19,22-23H2,1-3H3. The van der Waals surface area contributed by atoms with Gasteiger partial charge < -0.3 is 14.2 Å². The molecule has 0 saturated carbocycles. The van der Waals surface area contributed by atoms with Gasteiger partial charge in [-0.1, -0.05) is 62.2 Å². The third kappa shape index (κ3) is 6.95. The fourth-order valence-corrected chi connectivity index (χ4v) is 6.22. The van der Waals surface area contributed by atoms with Crippen molar-refractivity contribution in [2.75, 3.05) is 25.4 Å². The number of unbranched alkanes of at least 4 members (excludes halogenated alkanes) is 3. The minimum absolute atomic E-state index is 0.0183. The van der Waals surface area contributed by atoms with Gasteiger partial charge in [-0.25, -0.2) is 0 Å². The second-order valence-electron chi connectivity index (χ2n) is 10.9. The van der Waals surface area contributed by atoms with Crippen molar-refractivity contribution < 1.29 is 14.0 Å². The van der Waals surface area contributed by atoms with Crippen LogP contribution in [0, 0.1) is 6.92 Å². The molecule has 8 nitrogen and oxygen atoms in total. The summed E-state index contributed by atoms with van der Waals surface area (Å²) in [5.74, 6) is 1.47. The summed E-state index contributed by atoms with van der Waals surface area (Å²) < 4.78 is 7.54. The van der Waals surface area contributed by atoms with Crippen LogP contribution in [-0.2, 0) is 11.2 Å². The predicted octanol–water partition coefficient (Wildman–Crippen LogP) is 6.42. The third-order valence-corrected chi connectivity index (χ3v) is 8.63.